The van der Waals surface area contributed by atoms with E-state index in [1.54, 1.807) is 37.3 Å². The van der Waals surface area contributed by atoms with E-state index in [1.807, 2.05) is 38.1 Å². The molecule has 180 valence electrons. The molecule has 1 amide bonds. The number of aryl methyl sites for hydroxylation is 1. The molecule has 1 aromatic heterocycles. The molecule has 3 atom stereocenters. The number of nitrogens with one attached hydrogen (secondary N) is 1. The van der Waals surface area contributed by atoms with Gasteiger partial charge in [0.2, 0.25) is 0 Å². The van der Waals surface area contributed by atoms with Crippen LogP contribution in [0.3, 0.4) is 0 Å². The summed E-state index contributed by atoms with van der Waals surface area (Å²) in [5, 5.41) is 17.8. The number of aromatic nitrogens is 1. The van der Waals surface area contributed by atoms with Crippen LogP contribution in [0.4, 0.5) is 0 Å². The molecule has 1 heterocycles. The van der Waals surface area contributed by atoms with Crippen molar-refractivity contribution in [1.82, 2.24) is 10.5 Å². The molecule has 4 rings (SSSR count). The number of carbonyl (C=O) groups excluding carboxylic acids is 1. The summed E-state index contributed by atoms with van der Waals surface area (Å²) < 4.78 is 28.3. The Hall–Kier alpha value is -2.81. The Labute approximate surface area is 201 Å². The molecule has 34 heavy (non-hydrogen) atoms. The molecule has 8 heteroatoms. The number of hydrogen-bond acceptors (Lipinski definition) is 6. The maximum absolute atomic E-state index is 12.7. The lowest BCUT2D eigenvalue weighted by molar-refractivity contribution is 0.0246. The Morgan fingerprint density at radius 3 is 2.35 bits per heavy atom. The summed E-state index contributed by atoms with van der Waals surface area (Å²) in [4.78, 5) is 12.7. The minimum absolute atomic E-state index is 0.168. The van der Waals surface area contributed by atoms with E-state index in [0.717, 1.165) is 24.0 Å². The average Bonchev–Trinajstić information content (AvgIpc) is 3.55. The first kappa shape index (κ1) is 24.3. The first-order valence-electron chi connectivity index (χ1n) is 11.4. The highest BCUT2D eigenvalue weighted by Gasteiger charge is 2.38. The minimum atomic E-state index is -2.13. The Morgan fingerprint density at radius 2 is 1.85 bits per heavy atom. The molecule has 3 aromatic rings. The van der Waals surface area contributed by atoms with Crippen LogP contribution in [0, 0.1) is 18.8 Å². The van der Waals surface area contributed by atoms with E-state index < -0.39 is 21.9 Å². The Balaban J connectivity index is 1.41. The normalized spacial score (nSPS) is 17.2. The van der Waals surface area contributed by atoms with Gasteiger partial charge in [0.15, 0.2) is 0 Å². The Morgan fingerprint density at radius 1 is 1.21 bits per heavy atom. The van der Waals surface area contributed by atoms with Gasteiger partial charge >= 0.3 is 0 Å². The van der Waals surface area contributed by atoms with Gasteiger partial charge in [-0.05, 0) is 71.5 Å². The fraction of sp³-hybridized carbons (Fsp3) is 0.385. The van der Waals surface area contributed by atoms with Crippen LogP contribution in [0.2, 0.25) is 0 Å². The molecule has 0 radical (unpaired) electrons. The van der Waals surface area contributed by atoms with E-state index in [4.69, 9.17) is 4.52 Å². The van der Waals surface area contributed by atoms with Gasteiger partial charge in [0.1, 0.15) is 17.1 Å². The van der Waals surface area contributed by atoms with E-state index >= 15 is 0 Å². The third kappa shape index (κ3) is 4.99. The summed E-state index contributed by atoms with van der Waals surface area (Å²) in [6.07, 6.45) is 1.89. The summed E-state index contributed by atoms with van der Waals surface area (Å²) in [5.41, 5.74) is 1.88. The summed E-state index contributed by atoms with van der Waals surface area (Å²) in [7, 11) is 0. The summed E-state index contributed by atoms with van der Waals surface area (Å²) in [5.74, 6) is 0.423. The van der Waals surface area contributed by atoms with Crippen molar-refractivity contribution < 1.29 is 23.2 Å². The minimum Gasteiger partial charge on any atom is -0.772 e. The van der Waals surface area contributed by atoms with Crippen molar-refractivity contribution in [3.8, 4) is 0 Å². The summed E-state index contributed by atoms with van der Waals surface area (Å²) in [6, 6.07) is 15.9. The van der Waals surface area contributed by atoms with Crippen molar-refractivity contribution in [1.29, 1.82) is 0 Å². The number of benzene rings is 2. The van der Waals surface area contributed by atoms with E-state index in [0.29, 0.717) is 29.1 Å². The Bertz CT molecular complexity index is 1170. The topological polar surface area (TPSA) is 115 Å². The highest BCUT2D eigenvalue weighted by atomic mass is 32.2. The molecular formula is C26H29N2O5S-. The lowest BCUT2D eigenvalue weighted by atomic mass is 9.80. The number of hydrogen-bond donors (Lipinski definition) is 2. The van der Waals surface area contributed by atoms with Gasteiger partial charge in [-0.15, -0.1) is 0 Å². The monoisotopic (exact) mass is 481 g/mol. The zero-order valence-electron chi connectivity index (χ0n) is 19.5. The van der Waals surface area contributed by atoms with Gasteiger partial charge in [0.05, 0.1) is 0 Å². The van der Waals surface area contributed by atoms with Crippen LogP contribution in [0.1, 0.15) is 70.4 Å². The van der Waals surface area contributed by atoms with Crippen LogP contribution >= 0.6 is 0 Å². The zero-order valence-corrected chi connectivity index (χ0v) is 20.3. The molecular weight excluding hydrogens is 452 g/mol. The molecule has 0 spiro atoms. The van der Waals surface area contributed by atoms with Gasteiger partial charge in [0.25, 0.3) is 5.91 Å². The van der Waals surface area contributed by atoms with Crippen molar-refractivity contribution in [2.24, 2.45) is 11.8 Å². The lowest BCUT2D eigenvalue weighted by Gasteiger charge is -2.30. The Kier molecular flexibility index (Phi) is 7.02. The highest BCUT2D eigenvalue weighted by molar-refractivity contribution is 7.79. The fourth-order valence-electron chi connectivity index (χ4n) is 4.25. The van der Waals surface area contributed by atoms with E-state index in [2.05, 4.69) is 10.5 Å². The van der Waals surface area contributed by atoms with Crippen LogP contribution in [-0.4, -0.2) is 24.9 Å². The molecule has 1 aliphatic rings. The van der Waals surface area contributed by atoms with Crippen LogP contribution < -0.4 is 5.32 Å². The molecule has 7 nitrogen and oxygen atoms in total. The standard InChI is InChI=1S/C26H30N2O5S/c1-16(2)26(30,23-14-17(3)33-28-23)22-12-10-21(11-13-22)25(29)27-15-18-4-6-19(7-5-18)24(34(31)32)20-8-9-20/h4-7,10-14,16,20,24,30H,8-9,15H2,1-3H3,(H,27,29)(H,31,32)/p-1. The molecule has 1 fully saturated rings. The zero-order chi connectivity index (χ0) is 24.5. The van der Waals surface area contributed by atoms with Crippen molar-refractivity contribution in [2.75, 3.05) is 0 Å². The molecule has 1 aliphatic carbocycles. The van der Waals surface area contributed by atoms with Crippen molar-refractivity contribution in [3.63, 3.8) is 0 Å². The number of nitrogens with zero attached hydrogens (tertiary/aromatic N) is 1. The van der Waals surface area contributed by atoms with Crippen molar-refractivity contribution >= 4 is 17.0 Å². The molecule has 1 saturated carbocycles. The smallest absolute Gasteiger partial charge is 0.251 e. The molecule has 2 aromatic carbocycles. The van der Waals surface area contributed by atoms with Crippen LogP contribution in [0.25, 0.3) is 0 Å². The van der Waals surface area contributed by atoms with Crippen LogP contribution in [0.15, 0.2) is 59.1 Å². The number of carbonyl (C=O) groups is 1. The maximum Gasteiger partial charge on any atom is 0.251 e. The average molecular weight is 482 g/mol. The van der Waals surface area contributed by atoms with Gasteiger partial charge < -0.3 is 19.5 Å². The highest BCUT2D eigenvalue weighted by Crippen LogP contribution is 2.44. The predicted octanol–water partition coefficient (Wildman–Crippen LogP) is 4.14. The van der Waals surface area contributed by atoms with E-state index in [9.17, 15) is 18.7 Å². The number of aliphatic hydroxyl groups is 1. The van der Waals surface area contributed by atoms with Gasteiger partial charge in [-0.25, -0.2) is 0 Å². The molecule has 3 unspecified atom stereocenters. The number of rotatable bonds is 9. The van der Waals surface area contributed by atoms with E-state index in [-0.39, 0.29) is 17.7 Å². The fourth-order valence-corrected chi connectivity index (χ4v) is 5.21. The first-order valence-corrected chi connectivity index (χ1v) is 12.6. The van der Waals surface area contributed by atoms with Crippen molar-refractivity contribution in [2.45, 2.75) is 51.0 Å². The maximum atomic E-state index is 12.7. The van der Waals surface area contributed by atoms with E-state index in [1.165, 1.54) is 0 Å². The van der Waals surface area contributed by atoms with Gasteiger partial charge in [-0.1, -0.05) is 55.4 Å². The third-order valence-corrected chi connectivity index (χ3v) is 7.53. The molecule has 0 bridgehead atoms. The first-order chi connectivity index (χ1) is 16.2. The molecule has 0 saturated heterocycles. The van der Waals surface area contributed by atoms with Gasteiger partial charge in [-0.2, -0.15) is 0 Å². The quantitative estimate of drug-likeness (QED) is 0.444. The SMILES string of the molecule is Cc1cc(C(O)(c2ccc(C(=O)NCc3ccc(C(C4CC4)S(=O)[O-])cc3)cc2)C(C)C)no1. The lowest BCUT2D eigenvalue weighted by Crippen LogP contribution is -2.34. The van der Waals surface area contributed by atoms with Gasteiger partial charge in [0, 0.05) is 23.4 Å². The second kappa shape index (κ2) is 9.82. The van der Waals surface area contributed by atoms with Crippen molar-refractivity contribution in [3.05, 3.63) is 88.3 Å². The van der Waals surface area contributed by atoms with Crippen LogP contribution in [0.5, 0.6) is 0 Å². The molecule has 2 N–H and O–H groups in total. The van der Waals surface area contributed by atoms with Crippen LogP contribution in [-0.2, 0) is 23.2 Å². The third-order valence-electron chi connectivity index (χ3n) is 6.46. The second-order valence-electron chi connectivity index (χ2n) is 9.26. The summed E-state index contributed by atoms with van der Waals surface area (Å²) >= 11 is -2.13. The molecule has 0 aliphatic heterocycles. The summed E-state index contributed by atoms with van der Waals surface area (Å²) in [6.45, 7) is 5.90. The van der Waals surface area contributed by atoms with Gasteiger partial charge in [-0.3, -0.25) is 9.00 Å². The largest absolute Gasteiger partial charge is 0.772 e. The second-order valence-corrected chi connectivity index (χ2v) is 10.3. The number of amides is 1. The predicted molar refractivity (Wildman–Crippen MR) is 128 cm³/mol.